The van der Waals surface area contributed by atoms with E-state index in [1.807, 2.05) is 0 Å². The predicted octanol–water partition coefficient (Wildman–Crippen LogP) is 12.2. The molecule has 0 aromatic heterocycles. The molecule has 0 unspecified atom stereocenters. The molecule has 8 saturated carbocycles. The van der Waals surface area contributed by atoms with Crippen LogP contribution < -0.4 is 0 Å². The summed E-state index contributed by atoms with van der Waals surface area (Å²) >= 11 is 6.80. The van der Waals surface area contributed by atoms with Gasteiger partial charge in [0.1, 0.15) is 54.0 Å². The van der Waals surface area contributed by atoms with Crippen molar-refractivity contribution in [1.82, 2.24) is 0 Å². The first kappa shape index (κ1) is 78.3. The van der Waals surface area contributed by atoms with E-state index in [2.05, 4.69) is 45.7 Å². The topological polar surface area (TPSA) is 314 Å². The molecule has 4 bridgehead atoms. The Balaban J connectivity index is 0.000000219. The van der Waals surface area contributed by atoms with E-state index in [0.29, 0.717) is 73.6 Å². The van der Waals surface area contributed by atoms with Crippen molar-refractivity contribution in [2.75, 3.05) is 13.2 Å². The average molecular weight is 1520 g/mol. The Morgan fingerprint density at radius 1 is 0.430 bits per heavy atom. The standard InChI is InChI=1S/2C33H37BrO10.3C3H6O/c2*1-18(35)40-17-32(42-19(2)36)16-31-14-22(32)7-10-26(31)30(4)11-12-33(43-20(3)37)24(13-27(38)44-33)28(30)25(15-31)41-29(39)21-5-8-23(34)9-6-21;3*1-3(2)4/h2*5-6,8-9,13,22,25-26,28H,7,10-12,14-17H2,1-4H3;3*1-2H3/t2*22-,25-,26+,28+,30+,31-,32+,33-;;;/m11.../s1. The van der Waals surface area contributed by atoms with Crippen molar-refractivity contribution in [2.24, 2.45) is 57.2 Å². The van der Waals surface area contributed by atoms with Crippen LogP contribution >= 0.6 is 31.9 Å². The highest BCUT2D eigenvalue weighted by molar-refractivity contribution is 9.10. The van der Waals surface area contributed by atoms with Gasteiger partial charge in [0, 0.05) is 110 Å². The van der Waals surface area contributed by atoms with Gasteiger partial charge in [-0.15, -0.1) is 0 Å². The van der Waals surface area contributed by atoms with E-state index in [1.54, 1.807) is 48.5 Å². The normalized spacial score (nSPS) is 34.4. The molecule has 2 aromatic carbocycles. The Hall–Kier alpha value is -7.41. The monoisotopic (exact) mass is 1520 g/mol. The Kier molecular flexibility index (Phi) is 23.7. The van der Waals surface area contributed by atoms with Gasteiger partial charge >= 0.3 is 59.7 Å². The summed E-state index contributed by atoms with van der Waals surface area (Å²) in [6, 6.07) is 13.8. The molecular formula is C75H92Br2O23. The maximum atomic E-state index is 13.7. The van der Waals surface area contributed by atoms with Crippen LogP contribution in [0.1, 0.15) is 208 Å². The van der Waals surface area contributed by atoms with Crippen LogP contribution in [0.5, 0.6) is 0 Å². The van der Waals surface area contributed by atoms with Gasteiger partial charge in [-0.05, 0) is 201 Å². The minimum absolute atomic E-state index is 0.0341. The molecule has 100 heavy (non-hydrogen) atoms. The molecule has 25 heteroatoms. The number of benzene rings is 2. The Labute approximate surface area is 599 Å². The molecule has 0 N–H and O–H groups in total. The zero-order valence-electron chi connectivity index (χ0n) is 59.4. The number of ketones is 3. The molecule has 8 aliphatic carbocycles. The number of carbonyl (C=O) groups is 13. The Bertz CT molecular complexity index is 3410. The highest BCUT2D eigenvalue weighted by Gasteiger charge is 2.75. The van der Waals surface area contributed by atoms with Crippen molar-refractivity contribution >= 4 is 109 Å². The molecule has 16 atom stereocenters. The van der Waals surface area contributed by atoms with E-state index >= 15 is 0 Å². The Morgan fingerprint density at radius 3 is 1.03 bits per heavy atom. The fraction of sp³-hybridized carbons (Fsp3) is 0.613. The molecule has 0 radical (unpaired) electrons. The second kappa shape index (κ2) is 30.3. The molecule has 2 spiro atoms. The number of hydrogen-bond acceptors (Lipinski definition) is 23. The van der Waals surface area contributed by atoms with Crippen molar-refractivity contribution in [3.8, 4) is 0 Å². The number of ether oxygens (including phenoxy) is 10. The van der Waals surface area contributed by atoms with Crippen LogP contribution in [0.2, 0.25) is 0 Å². The van der Waals surface area contributed by atoms with Crippen LogP contribution in [0, 0.1) is 57.2 Å². The van der Waals surface area contributed by atoms with Gasteiger partial charge in [-0.2, -0.15) is 0 Å². The number of hydrogen-bond donors (Lipinski definition) is 0. The summed E-state index contributed by atoms with van der Waals surface area (Å²) in [6.07, 6.45) is 9.42. The second-order valence-electron chi connectivity index (χ2n) is 29.8. The van der Waals surface area contributed by atoms with Crippen molar-refractivity contribution in [2.45, 2.75) is 222 Å². The summed E-state index contributed by atoms with van der Waals surface area (Å²) < 4.78 is 60.5. The van der Waals surface area contributed by atoms with Gasteiger partial charge in [-0.3, -0.25) is 28.8 Å². The number of fused-ring (bicyclic) bond motifs is 10. The van der Waals surface area contributed by atoms with E-state index in [9.17, 15) is 62.3 Å². The summed E-state index contributed by atoms with van der Waals surface area (Å²) in [5.41, 5.74) is -1.93. The summed E-state index contributed by atoms with van der Waals surface area (Å²) in [5.74, 6) is -8.51. The largest absolute Gasteiger partial charge is 0.462 e. The number of carbonyl (C=O) groups excluding carboxylic acids is 13. The van der Waals surface area contributed by atoms with E-state index in [1.165, 1.54) is 95.2 Å². The van der Waals surface area contributed by atoms with Crippen molar-refractivity contribution < 1.29 is 110 Å². The highest BCUT2D eigenvalue weighted by Crippen LogP contribution is 2.76. The summed E-state index contributed by atoms with van der Waals surface area (Å²) in [6.45, 7) is 21.4. The highest BCUT2D eigenvalue weighted by atomic mass is 79.9. The van der Waals surface area contributed by atoms with Crippen molar-refractivity contribution in [3.05, 3.63) is 91.9 Å². The lowest BCUT2D eigenvalue weighted by Crippen LogP contribution is -2.62. The Morgan fingerprint density at radius 2 is 0.740 bits per heavy atom. The summed E-state index contributed by atoms with van der Waals surface area (Å²) in [4.78, 5) is 154. The lowest BCUT2D eigenvalue weighted by molar-refractivity contribution is -0.236. The van der Waals surface area contributed by atoms with Gasteiger partial charge in [0.05, 0.1) is 11.1 Å². The van der Waals surface area contributed by atoms with E-state index in [-0.39, 0.29) is 67.1 Å². The SMILES string of the molecule is CC(=O)OC[C@@]1(OC(C)=O)C[C@]23C[C@H]1CC[C@H]2[C@]1(C)CC[C@@]2(OC(C)=O)OC(=O)C=C2[C@H]1[C@H](OC(=O)c1ccc(Br)cc1)C3.CC(=O)OC[C@@]1(OC(C)=O)C[C@]23C[C@H]1CC[C@H]2[C@]1(C)CC[C@@]2(OC(C)=O)OC(=O)C=C2[C@H]1[C@H](OC(=O)c1ccc(Br)cc1)C3.CC(C)=O.CC(C)=O.CC(C)=O. The molecule has 2 heterocycles. The fourth-order valence-corrected chi connectivity index (χ4v) is 19.9. The maximum absolute atomic E-state index is 13.7. The number of esters is 10. The molecule has 2 aliphatic heterocycles. The average Bonchev–Trinajstić information content (AvgIpc) is 1.44. The lowest BCUT2D eigenvalue weighted by atomic mass is 9.43. The van der Waals surface area contributed by atoms with Crippen molar-refractivity contribution in [3.63, 3.8) is 0 Å². The third-order valence-electron chi connectivity index (χ3n) is 21.8. The number of Topliss-reactive ketones (excluding diaryl/α,β-unsaturated/α-hetero) is 3. The first-order valence-electron chi connectivity index (χ1n) is 33.9. The van der Waals surface area contributed by atoms with E-state index in [0.717, 1.165) is 34.6 Å². The van der Waals surface area contributed by atoms with Gasteiger partial charge in [0.25, 0.3) is 11.6 Å². The second-order valence-corrected chi connectivity index (χ2v) is 31.6. The summed E-state index contributed by atoms with van der Waals surface area (Å²) in [5, 5.41) is 0. The van der Waals surface area contributed by atoms with Crippen LogP contribution in [-0.2, 0) is 100 Å². The van der Waals surface area contributed by atoms with E-state index < -0.39 is 128 Å². The van der Waals surface area contributed by atoms with Gasteiger partial charge in [0.2, 0.25) is 0 Å². The molecule has 2 aromatic rings. The van der Waals surface area contributed by atoms with Gasteiger partial charge in [-0.25, -0.2) is 19.2 Å². The third-order valence-corrected chi connectivity index (χ3v) is 22.9. The van der Waals surface area contributed by atoms with Crippen LogP contribution in [-0.4, -0.2) is 125 Å². The molecule has 0 saturated heterocycles. The van der Waals surface area contributed by atoms with E-state index in [4.69, 9.17) is 47.4 Å². The van der Waals surface area contributed by atoms with Crippen molar-refractivity contribution in [1.29, 1.82) is 0 Å². The van der Waals surface area contributed by atoms with Crippen LogP contribution in [0.4, 0.5) is 0 Å². The predicted molar refractivity (Wildman–Crippen MR) is 362 cm³/mol. The molecule has 0 amide bonds. The van der Waals surface area contributed by atoms with Gasteiger partial charge in [-0.1, -0.05) is 45.7 Å². The molecule has 8 fully saturated rings. The first-order chi connectivity index (χ1) is 46.6. The number of rotatable bonds is 12. The molecule has 544 valence electrons. The molecule has 23 nitrogen and oxygen atoms in total. The lowest BCUT2D eigenvalue weighted by Gasteiger charge is -2.63. The molecular weight excluding hydrogens is 1430 g/mol. The smallest absolute Gasteiger partial charge is 0.338 e. The number of halogens is 2. The third kappa shape index (κ3) is 16.4. The zero-order chi connectivity index (χ0) is 74.0. The minimum atomic E-state index is -1.54. The van der Waals surface area contributed by atoms with Gasteiger partial charge in [0.15, 0.2) is 0 Å². The molecule has 10 aliphatic rings. The van der Waals surface area contributed by atoms with Crippen LogP contribution in [0.3, 0.4) is 0 Å². The minimum Gasteiger partial charge on any atom is -0.462 e. The summed E-state index contributed by atoms with van der Waals surface area (Å²) in [7, 11) is 0. The maximum Gasteiger partial charge on any atom is 0.338 e. The van der Waals surface area contributed by atoms with Gasteiger partial charge < -0.3 is 61.8 Å². The fourth-order valence-electron chi connectivity index (χ4n) is 19.4. The quantitative estimate of drug-likeness (QED) is 0.141. The molecule has 12 rings (SSSR count). The van der Waals surface area contributed by atoms with Crippen LogP contribution in [0.15, 0.2) is 80.8 Å². The zero-order valence-corrected chi connectivity index (χ0v) is 62.5. The van der Waals surface area contributed by atoms with Crippen LogP contribution in [0.25, 0.3) is 0 Å². The first-order valence-corrected chi connectivity index (χ1v) is 35.5.